The molecule has 6 heteroatoms. The fraction of sp³-hybridized carbons (Fsp3) is 0.714. The molecule has 0 aliphatic carbocycles. The summed E-state index contributed by atoms with van der Waals surface area (Å²) < 4.78 is 0. The molecule has 1 heterocycles. The van der Waals surface area contributed by atoms with Crippen LogP contribution in [-0.4, -0.2) is 46.2 Å². The Kier molecular flexibility index (Phi) is 6.01. The molecule has 0 fully saturated rings. The number of rotatable bonds is 7. The van der Waals surface area contributed by atoms with Crippen molar-refractivity contribution in [3.63, 3.8) is 0 Å². The Hall–Kier alpha value is -1.56. The molecule has 0 bridgehead atoms. The van der Waals surface area contributed by atoms with Crippen molar-refractivity contribution in [2.24, 2.45) is 0 Å². The monoisotopic (exact) mass is 281 g/mol. The first-order chi connectivity index (χ1) is 9.38. The minimum absolute atomic E-state index is 0.217. The van der Waals surface area contributed by atoms with Gasteiger partial charge in [-0.25, -0.2) is 0 Å². The average molecular weight is 281 g/mol. The Morgan fingerprint density at radius 1 is 1.35 bits per heavy atom. The van der Waals surface area contributed by atoms with Gasteiger partial charge < -0.3 is 11.1 Å². The lowest BCUT2D eigenvalue weighted by Gasteiger charge is -2.30. The standard InChI is InChI=1S/C14H27N5O/c1-6-11-12(15)13(18-17-11)14(20)16-7-8-19(9(2)3)10(4)5/h9-10H,6-8,15H2,1-5H3,(H,16,20)(H,17,18). The number of H-pyrrole nitrogens is 1. The first-order valence-corrected chi connectivity index (χ1v) is 7.25. The number of nitrogens with one attached hydrogen (secondary N) is 2. The van der Waals surface area contributed by atoms with Crippen LogP contribution in [0.1, 0.15) is 50.8 Å². The van der Waals surface area contributed by atoms with Crippen LogP contribution in [0.2, 0.25) is 0 Å². The van der Waals surface area contributed by atoms with Crippen molar-refractivity contribution in [1.29, 1.82) is 0 Å². The molecular formula is C14H27N5O. The summed E-state index contributed by atoms with van der Waals surface area (Å²) in [7, 11) is 0. The topological polar surface area (TPSA) is 87.0 Å². The van der Waals surface area contributed by atoms with Crippen molar-refractivity contribution < 1.29 is 4.79 Å². The van der Waals surface area contributed by atoms with Crippen LogP contribution in [-0.2, 0) is 6.42 Å². The van der Waals surface area contributed by atoms with Gasteiger partial charge in [-0.3, -0.25) is 14.8 Å². The summed E-state index contributed by atoms with van der Waals surface area (Å²) in [4.78, 5) is 14.3. The van der Waals surface area contributed by atoms with Crippen molar-refractivity contribution in [3.05, 3.63) is 11.4 Å². The van der Waals surface area contributed by atoms with Crippen molar-refractivity contribution in [2.75, 3.05) is 18.8 Å². The number of nitrogen functional groups attached to an aromatic ring is 1. The summed E-state index contributed by atoms with van der Waals surface area (Å²) in [5, 5.41) is 9.65. The number of hydrogen-bond acceptors (Lipinski definition) is 4. The quantitative estimate of drug-likeness (QED) is 0.705. The number of nitrogens with zero attached hydrogens (tertiary/aromatic N) is 2. The number of hydrogen-bond donors (Lipinski definition) is 3. The number of aromatic nitrogens is 2. The van der Waals surface area contributed by atoms with Crippen molar-refractivity contribution in [3.8, 4) is 0 Å². The third-order valence-electron chi connectivity index (χ3n) is 3.43. The second-order valence-corrected chi connectivity index (χ2v) is 5.50. The van der Waals surface area contributed by atoms with E-state index in [-0.39, 0.29) is 5.91 Å². The Morgan fingerprint density at radius 3 is 2.40 bits per heavy atom. The number of aromatic amines is 1. The molecule has 1 aromatic heterocycles. The number of nitrogens with two attached hydrogens (primary N) is 1. The average Bonchev–Trinajstić information content (AvgIpc) is 2.74. The van der Waals surface area contributed by atoms with E-state index < -0.39 is 0 Å². The van der Waals surface area contributed by atoms with Gasteiger partial charge in [0.05, 0.1) is 11.4 Å². The Labute approximate surface area is 121 Å². The maximum atomic E-state index is 12.0. The van der Waals surface area contributed by atoms with E-state index in [1.165, 1.54) is 0 Å². The molecule has 0 unspecified atom stereocenters. The largest absolute Gasteiger partial charge is 0.395 e. The van der Waals surface area contributed by atoms with Gasteiger partial charge in [0.1, 0.15) is 0 Å². The maximum Gasteiger partial charge on any atom is 0.273 e. The van der Waals surface area contributed by atoms with Crippen LogP contribution in [0.4, 0.5) is 5.69 Å². The first kappa shape index (κ1) is 16.5. The molecule has 0 aromatic carbocycles. The van der Waals surface area contributed by atoms with Gasteiger partial charge in [-0.1, -0.05) is 6.92 Å². The van der Waals surface area contributed by atoms with Gasteiger partial charge in [-0.15, -0.1) is 0 Å². The van der Waals surface area contributed by atoms with E-state index >= 15 is 0 Å². The summed E-state index contributed by atoms with van der Waals surface area (Å²) in [6.07, 6.45) is 0.737. The second kappa shape index (κ2) is 7.28. The zero-order valence-electron chi connectivity index (χ0n) is 13.2. The lowest BCUT2D eigenvalue weighted by molar-refractivity contribution is 0.0935. The fourth-order valence-corrected chi connectivity index (χ4v) is 2.32. The van der Waals surface area contributed by atoms with Gasteiger partial charge in [0.15, 0.2) is 5.69 Å². The van der Waals surface area contributed by atoms with Crippen LogP contribution in [0.3, 0.4) is 0 Å². The molecule has 1 amide bonds. The van der Waals surface area contributed by atoms with E-state index in [9.17, 15) is 4.79 Å². The molecule has 0 radical (unpaired) electrons. The normalized spacial score (nSPS) is 11.6. The first-order valence-electron chi connectivity index (χ1n) is 7.25. The Balaban J connectivity index is 2.53. The van der Waals surface area contributed by atoms with E-state index in [1.54, 1.807) is 0 Å². The Bertz CT molecular complexity index is 431. The molecule has 0 aliphatic rings. The lowest BCUT2D eigenvalue weighted by Crippen LogP contribution is -2.42. The number of carbonyl (C=O) groups is 1. The third-order valence-corrected chi connectivity index (χ3v) is 3.43. The molecule has 0 atom stereocenters. The zero-order chi connectivity index (χ0) is 15.3. The predicted molar refractivity (Wildman–Crippen MR) is 81.7 cm³/mol. The van der Waals surface area contributed by atoms with E-state index in [0.29, 0.717) is 30.0 Å². The smallest absolute Gasteiger partial charge is 0.273 e. The number of carbonyl (C=O) groups excluding carboxylic acids is 1. The zero-order valence-corrected chi connectivity index (χ0v) is 13.2. The van der Waals surface area contributed by atoms with Crippen LogP contribution in [0, 0.1) is 0 Å². The summed E-state index contributed by atoms with van der Waals surface area (Å²) in [6.45, 7) is 12.0. The molecule has 4 N–H and O–H groups in total. The highest BCUT2D eigenvalue weighted by Crippen LogP contribution is 2.13. The van der Waals surface area contributed by atoms with E-state index in [2.05, 4.69) is 48.1 Å². The summed E-state index contributed by atoms with van der Waals surface area (Å²) in [5.41, 5.74) is 7.43. The predicted octanol–water partition coefficient (Wildman–Crippen LogP) is 1.40. The van der Waals surface area contributed by atoms with E-state index in [4.69, 9.17) is 5.73 Å². The number of amides is 1. The molecule has 0 saturated carbocycles. The lowest BCUT2D eigenvalue weighted by atomic mass is 10.2. The summed E-state index contributed by atoms with van der Waals surface area (Å²) >= 11 is 0. The van der Waals surface area contributed by atoms with Crippen LogP contribution < -0.4 is 11.1 Å². The van der Waals surface area contributed by atoms with Gasteiger partial charge in [0.2, 0.25) is 0 Å². The minimum atomic E-state index is -0.217. The second-order valence-electron chi connectivity index (χ2n) is 5.50. The highest BCUT2D eigenvalue weighted by Gasteiger charge is 2.17. The molecular weight excluding hydrogens is 254 g/mol. The molecule has 1 aromatic rings. The van der Waals surface area contributed by atoms with Gasteiger partial charge in [0, 0.05) is 25.2 Å². The molecule has 1 rings (SSSR count). The van der Waals surface area contributed by atoms with Gasteiger partial charge in [-0.2, -0.15) is 5.10 Å². The number of aryl methyl sites for hydroxylation is 1. The van der Waals surface area contributed by atoms with Crippen molar-refractivity contribution in [1.82, 2.24) is 20.4 Å². The molecule has 6 nitrogen and oxygen atoms in total. The van der Waals surface area contributed by atoms with Crippen LogP contribution in [0.5, 0.6) is 0 Å². The molecule has 20 heavy (non-hydrogen) atoms. The van der Waals surface area contributed by atoms with E-state index in [1.807, 2.05) is 6.92 Å². The van der Waals surface area contributed by atoms with E-state index in [0.717, 1.165) is 18.7 Å². The highest BCUT2D eigenvalue weighted by molar-refractivity contribution is 5.97. The SMILES string of the molecule is CCc1[nH]nc(C(=O)NCCN(C(C)C)C(C)C)c1N. The molecule has 0 spiro atoms. The van der Waals surface area contributed by atoms with Crippen molar-refractivity contribution >= 4 is 11.6 Å². The fourth-order valence-electron chi connectivity index (χ4n) is 2.32. The van der Waals surface area contributed by atoms with Crippen LogP contribution in [0.15, 0.2) is 0 Å². The third kappa shape index (κ3) is 3.96. The van der Waals surface area contributed by atoms with Crippen molar-refractivity contribution in [2.45, 2.75) is 53.1 Å². The van der Waals surface area contributed by atoms with Crippen LogP contribution >= 0.6 is 0 Å². The minimum Gasteiger partial charge on any atom is -0.395 e. The van der Waals surface area contributed by atoms with Gasteiger partial charge in [-0.05, 0) is 34.1 Å². The highest BCUT2D eigenvalue weighted by atomic mass is 16.1. The maximum absolute atomic E-state index is 12.0. The van der Waals surface area contributed by atoms with Crippen LogP contribution in [0.25, 0.3) is 0 Å². The molecule has 0 saturated heterocycles. The Morgan fingerprint density at radius 2 is 1.95 bits per heavy atom. The molecule has 114 valence electrons. The van der Waals surface area contributed by atoms with Gasteiger partial charge >= 0.3 is 0 Å². The van der Waals surface area contributed by atoms with Gasteiger partial charge in [0.25, 0.3) is 5.91 Å². The molecule has 0 aliphatic heterocycles. The number of anilines is 1. The summed E-state index contributed by atoms with van der Waals surface area (Å²) in [5.74, 6) is -0.217. The summed E-state index contributed by atoms with van der Waals surface area (Å²) in [6, 6.07) is 0.906.